The molecular weight excluding hydrogens is 218 g/mol. The van der Waals surface area contributed by atoms with E-state index in [1.165, 1.54) is 0 Å². The summed E-state index contributed by atoms with van der Waals surface area (Å²) in [7, 11) is 0. The molecule has 1 atom stereocenters. The molecule has 6 heteroatoms. The van der Waals surface area contributed by atoms with E-state index in [1.54, 1.807) is 0 Å². The Morgan fingerprint density at radius 2 is 1.76 bits per heavy atom. The maximum absolute atomic E-state index is 11.5. The molecular formula is C11H25N5O. The molecule has 0 fully saturated rings. The summed E-state index contributed by atoms with van der Waals surface area (Å²) in [6.07, 6.45) is 2.41. The third-order valence-corrected chi connectivity index (χ3v) is 2.28. The number of guanidine groups is 1. The van der Waals surface area contributed by atoms with Crippen LogP contribution in [-0.4, -0.2) is 31.0 Å². The third-order valence-electron chi connectivity index (χ3n) is 2.28. The van der Waals surface area contributed by atoms with Crippen LogP contribution in [0, 0.1) is 11.3 Å². The number of rotatable bonds is 8. The van der Waals surface area contributed by atoms with Gasteiger partial charge in [0.1, 0.15) is 0 Å². The zero-order valence-corrected chi connectivity index (χ0v) is 10.8. The number of nitrogens with one attached hydrogen (secondary N) is 3. The average molecular weight is 243 g/mol. The van der Waals surface area contributed by atoms with Crippen LogP contribution < -0.4 is 22.1 Å². The molecule has 0 spiro atoms. The van der Waals surface area contributed by atoms with Gasteiger partial charge in [-0.1, -0.05) is 13.8 Å². The maximum Gasteiger partial charge on any atom is 0.236 e. The fourth-order valence-corrected chi connectivity index (χ4v) is 1.43. The van der Waals surface area contributed by atoms with Gasteiger partial charge in [0.05, 0.1) is 6.04 Å². The summed E-state index contributed by atoms with van der Waals surface area (Å²) in [6, 6.07) is -0.412. The van der Waals surface area contributed by atoms with E-state index < -0.39 is 6.04 Å². The van der Waals surface area contributed by atoms with Crippen LogP contribution in [-0.2, 0) is 4.79 Å². The minimum Gasteiger partial charge on any atom is -0.370 e. The van der Waals surface area contributed by atoms with Gasteiger partial charge in [-0.2, -0.15) is 0 Å². The molecule has 0 radical (unpaired) electrons. The van der Waals surface area contributed by atoms with Gasteiger partial charge in [0.2, 0.25) is 5.91 Å². The van der Waals surface area contributed by atoms with Crippen LogP contribution in [0.5, 0.6) is 0 Å². The number of hydrogen-bond acceptors (Lipinski definition) is 3. The average Bonchev–Trinajstić information content (AvgIpc) is 2.21. The van der Waals surface area contributed by atoms with Gasteiger partial charge >= 0.3 is 0 Å². The Morgan fingerprint density at radius 3 is 2.24 bits per heavy atom. The van der Waals surface area contributed by atoms with Crippen molar-refractivity contribution in [2.75, 3.05) is 13.1 Å². The molecule has 0 bridgehead atoms. The van der Waals surface area contributed by atoms with Crippen LogP contribution in [0.15, 0.2) is 0 Å². The molecule has 100 valence electrons. The number of carbonyl (C=O) groups is 1. The van der Waals surface area contributed by atoms with E-state index in [2.05, 4.69) is 10.6 Å². The van der Waals surface area contributed by atoms with Crippen molar-refractivity contribution in [2.24, 2.45) is 17.4 Å². The highest BCUT2D eigenvalue weighted by atomic mass is 16.2. The van der Waals surface area contributed by atoms with Crippen molar-refractivity contribution in [3.05, 3.63) is 0 Å². The van der Waals surface area contributed by atoms with Crippen molar-refractivity contribution in [3.63, 3.8) is 0 Å². The van der Waals surface area contributed by atoms with Crippen molar-refractivity contribution in [1.82, 2.24) is 10.6 Å². The van der Waals surface area contributed by atoms with Gasteiger partial charge in [-0.3, -0.25) is 10.2 Å². The first-order chi connectivity index (χ1) is 7.93. The molecule has 0 aromatic rings. The molecule has 0 aliphatic carbocycles. The van der Waals surface area contributed by atoms with Gasteiger partial charge in [-0.05, 0) is 25.2 Å². The van der Waals surface area contributed by atoms with Crippen LogP contribution in [0.4, 0.5) is 0 Å². The molecule has 17 heavy (non-hydrogen) atoms. The fraction of sp³-hybridized carbons (Fsp3) is 0.818. The van der Waals surface area contributed by atoms with E-state index in [0.717, 1.165) is 12.8 Å². The molecule has 0 saturated heterocycles. The first kappa shape index (κ1) is 15.7. The van der Waals surface area contributed by atoms with E-state index in [0.29, 0.717) is 25.4 Å². The molecule has 0 unspecified atom stereocenters. The highest BCUT2D eigenvalue weighted by Gasteiger charge is 2.13. The Kier molecular flexibility index (Phi) is 8.13. The van der Waals surface area contributed by atoms with Gasteiger partial charge in [0, 0.05) is 13.1 Å². The molecule has 0 aromatic carbocycles. The lowest BCUT2D eigenvalue weighted by Gasteiger charge is -2.14. The van der Waals surface area contributed by atoms with E-state index in [4.69, 9.17) is 16.9 Å². The van der Waals surface area contributed by atoms with Gasteiger partial charge in [-0.15, -0.1) is 0 Å². The first-order valence-electron chi connectivity index (χ1n) is 6.04. The van der Waals surface area contributed by atoms with Crippen LogP contribution in [0.3, 0.4) is 0 Å². The van der Waals surface area contributed by atoms with Crippen LogP contribution in [0.25, 0.3) is 0 Å². The van der Waals surface area contributed by atoms with E-state index in [9.17, 15) is 4.79 Å². The van der Waals surface area contributed by atoms with E-state index >= 15 is 0 Å². The minimum absolute atomic E-state index is 0.0204. The summed E-state index contributed by atoms with van der Waals surface area (Å²) in [5.74, 6) is 0.321. The zero-order valence-electron chi connectivity index (χ0n) is 10.8. The molecule has 1 amide bonds. The Morgan fingerprint density at radius 1 is 1.24 bits per heavy atom. The smallest absolute Gasteiger partial charge is 0.236 e. The van der Waals surface area contributed by atoms with E-state index in [-0.39, 0.29) is 11.9 Å². The molecule has 0 aliphatic heterocycles. The van der Waals surface area contributed by atoms with Gasteiger partial charge in [0.15, 0.2) is 5.96 Å². The molecule has 0 rings (SSSR count). The Bertz CT molecular complexity index is 242. The van der Waals surface area contributed by atoms with Gasteiger partial charge in [0.25, 0.3) is 0 Å². The molecule has 7 N–H and O–H groups in total. The first-order valence-corrected chi connectivity index (χ1v) is 6.04. The third kappa shape index (κ3) is 9.62. The van der Waals surface area contributed by atoms with Crippen molar-refractivity contribution in [2.45, 2.75) is 39.2 Å². The van der Waals surface area contributed by atoms with Gasteiger partial charge < -0.3 is 22.1 Å². The SMILES string of the molecule is CC(C)C[C@H](N)C(=O)NCCCCNC(=N)N. The standard InChI is InChI=1S/C11H25N5O/c1-8(2)7-9(12)10(17)15-5-3-4-6-16-11(13)14/h8-9H,3-7,12H2,1-2H3,(H,15,17)(H4,13,14,16)/t9-/m0/s1. The quantitative estimate of drug-likeness (QED) is 0.229. The normalized spacial score (nSPS) is 12.2. The molecule has 0 heterocycles. The Hall–Kier alpha value is -1.30. The summed E-state index contributed by atoms with van der Waals surface area (Å²) in [5.41, 5.74) is 10.9. The zero-order chi connectivity index (χ0) is 13.3. The second-order valence-corrected chi connectivity index (χ2v) is 4.57. The Labute approximate surface area is 103 Å². The molecule has 0 aromatic heterocycles. The van der Waals surface area contributed by atoms with Crippen LogP contribution in [0.2, 0.25) is 0 Å². The van der Waals surface area contributed by atoms with Crippen molar-refractivity contribution >= 4 is 11.9 Å². The number of carbonyl (C=O) groups excluding carboxylic acids is 1. The summed E-state index contributed by atoms with van der Waals surface area (Å²) in [6.45, 7) is 5.36. The van der Waals surface area contributed by atoms with Crippen molar-refractivity contribution in [1.29, 1.82) is 5.41 Å². The topological polar surface area (TPSA) is 117 Å². The molecule has 6 nitrogen and oxygen atoms in total. The fourth-order valence-electron chi connectivity index (χ4n) is 1.43. The summed E-state index contributed by atoms with van der Waals surface area (Å²) in [5, 5.41) is 12.5. The van der Waals surface area contributed by atoms with Crippen LogP contribution in [0.1, 0.15) is 33.1 Å². The summed E-state index contributed by atoms with van der Waals surface area (Å²) < 4.78 is 0. The number of hydrogen-bond donors (Lipinski definition) is 5. The lowest BCUT2D eigenvalue weighted by Crippen LogP contribution is -2.41. The molecule has 0 saturated carbocycles. The second-order valence-electron chi connectivity index (χ2n) is 4.57. The number of unbranched alkanes of at least 4 members (excludes halogenated alkanes) is 1. The number of nitrogens with two attached hydrogens (primary N) is 2. The lowest BCUT2D eigenvalue weighted by atomic mass is 10.0. The Balaban J connectivity index is 3.47. The van der Waals surface area contributed by atoms with Crippen LogP contribution >= 0.6 is 0 Å². The van der Waals surface area contributed by atoms with Crippen molar-refractivity contribution in [3.8, 4) is 0 Å². The minimum atomic E-state index is -0.412. The van der Waals surface area contributed by atoms with Gasteiger partial charge in [-0.25, -0.2) is 0 Å². The highest BCUT2D eigenvalue weighted by molar-refractivity contribution is 5.81. The second kappa shape index (κ2) is 8.81. The van der Waals surface area contributed by atoms with E-state index in [1.807, 2.05) is 13.8 Å². The molecule has 0 aliphatic rings. The summed E-state index contributed by atoms with van der Waals surface area (Å²) in [4.78, 5) is 11.5. The van der Waals surface area contributed by atoms with Crippen molar-refractivity contribution < 1.29 is 4.79 Å². The highest BCUT2D eigenvalue weighted by Crippen LogP contribution is 2.02. The predicted molar refractivity (Wildman–Crippen MR) is 69.6 cm³/mol. The monoisotopic (exact) mass is 243 g/mol. The lowest BCUT2D eigenvalue weighted by molar-refractivity contribution is -0.122. The maximum atomic E-state index is 11.5. The number of amides is 1. The largest absolute Gasteiger partial charge is 0.370 e. The summed E-state index contributed by atoms with van der Waals surface area (Å²) >= 11 is 0. The predicted octanol–water partition coefficient (Wildman–Crippen LogP) is -0.261.